The van der Waals surface area contributed by atoms with Crippen LogP contribution < -0.4 is 10.6 Å². The summed E-state index contributed by atoms with van der Waals surface area (Å²) >= 11 is 0. The van der Waals surface area contributed by atoms with E-state index in [0.29, 0.717) is 0 Å². The molecule has 0 fully saturated rings. The maximum Gasteiger partial charge on any atom is 0.433 e. The number of nitro groups is 1. The summed E-state index contributed by atoms with van der Waals surface area (Å²) in [6.45, 7) is 0.403. The third-order valence-electron chi connectivity index (χ3n) is 1.60. The number of furan rings is 1. The molecule has 2 amide bonds. The van der Waals surface area contributed by atoms with Gasteiger partial charge in [-0.1, -0.05) is 0 Å². The fourth-order valence-corrected chi connectivity index (χ4v) is 0.925. The lowest BCUT2D eigenvalue weighted by molar-refractivity contribution is -0.402. The summed E-state index contributed by atoms with van der Waals surface area (Å²) in [4.78, 5) is 30.6. The third kappa shape index (κ3) is 3.08. The maximum absolute atomic E-state index is 11.3. The molecule has 0 saturated heterocycles. The first-order valence-corrected chi connectivity index (χ1v) is 4.27. The summed E-state index contributed by atoms with van der Waals surface area (Å²) in [5.41, 5.74) is 0. The van der Waals surface area contributed by atoms with Gasteiger partial charge in [-0.05, 0) is 6.07 Å². The molecule has 1 radical (unpaired) electrons. The van der Waals surface area contributed by atoms with E-state index < -0.39 is 16.7 Å². The van der Waals surface area contributed by atoms with Crippen LogP contribution in [0.3, 0.4) is 0 Å². The molecule has 1 aromatic heterocycles. The summed E-state index contributed by atoms with van der Waals surface area (Å²) in [6.07, 6.45) is 1.44. The fourth-order valence-electron chi connectivity index (χ4n) is 0.925. The van der Waals surface area contributed by atoms with Gasteiger partial charge in [0.25, 0.3) is 5.91 Å². The quantitative estimate of drug-likeness (QED) is 0.295. The van der Waals surface area contributed by atoms with Gasteiger partial charge in [-0.15, -0.1) is 0 Å². The maximum atomic E-state index is 11.3. The first-order valence-electron chi connectivity index (χ1n) is 4.27. The standard InChI is InChI=1S/C8H8N3O5/c12-5-9-3-4-10-8(13)6-1-2-7(16-6)11(14)15/h1-2H,3-4H2,(H,9,12)(H,10,13). The van der Waals surface area contributed by atoms with Crippen LogP contribution >= 0.6 is 0 Å². The van der Waals surface area contributed by atoms with Gasteiger partial charge in [0, 0.05) is 13.1 Å². The third-order valence-corrected chi connectivity index (χ3v) is 1.60. The summed E-state index contributed by atoms with van der Waals surface area (Å²) in [5, 5.41) is 14.9. The average molecular weight is 226 g/mol. The predicted molar refractivity (Wildman–Crippen MR) is 51.4 cm³/mol. The Morgan fingerprint density at radius 1 is 1.50 bits per heavy atom. The van der Waals surface area contributed by atoms with Crippen molar-refractivity contribution >= 4 is 18.2 Å². The molecule has 85 valence electrons. The number of rotatable bonds is 6. The Kier molecular flexibility index (Phi) is 4.01. The topological polar surface area (TPSA) is 114 Å². The molecule has 0 unspecified atom stereocenters. The van der Waals surface area contributed by atoms with E-state index in [1.165, 1.54) is 12.5 Å². The molecule has 8 heteroatoms. The number of carbonyl (C=O) groups is 1. The van der Waals surface area contributed by atoms with Crippen molar-refractivity contribution in [3.05, 3.63) is 28.0 Å². The molecule has 0 atom stereocenters. The lowest BCUT2D eigenvalue weighted by atomic mass is 10.4. The lowest BCUT2D eigenvalue weighted by Gasteiger charge is -2.00. The number of carbonyl (C=O) groups excluding carboxylic acids is 2. The van der Waals surface area contributed by atoms with Crippen LogP contribution in [0.15, 0.2) is 16.5 Å². The Morgan fingerprint density at radius 2 is 2.25 bits per heavy atom. The number of hydrogen-bond donors (Lipinski definition) is 2. The highest BCUT2D eigenvalue weighted by Crippen LogP contribution is 2.14. The second-order valence-electron chi connectivity index (χ2n) is 2.68. The molecule has 0 aliphatic heterocycles. The van der Waals surface area contributed by atoms with E-state index >= 15 is 0 Å². The number of nitrogens with zero attached hydrogens (tertiary/aromatic N) is 1. The van der Waals surface area contributed by atoms with Crippen molar-refractivity contribution in [1.82, 2.24) is 10.6 Å². The molecule has 2 N–H and O–H groups in total. The van der Waals surface area contributed by atoms with Gasteiger partial charge in [0.05, 0.1) is 6.07 Å². The zero-order chi connectivity index (χ0) is 12.0. The van der Waals surface area contributed by atoms with Gasteiger partial charge in [-0.3, -0.25) is 19.7 Å². The molecule has 8 nitrogen and oxygen atoms in total. The predicted octanol–water partition coefficient (Wildman–Crippen LogP) is -0.426. The molecule has 0 saturated carbocycles. The summed E-state index contributed by atoms with van der Waals surface area (Å²) in [6, 6.07) is 2.29. The van der Waals surface area contributed by atoms with E-state index in [4.69, 9.17) is 0 Å². The average Bonchev–Trinajstić information content (AvgIpc) is 2.73. The second-order valence-corrected chi connectivity index (χ2v) is 2.68. The van der Waals surface area contributed by atoms with Crippen molar-refractivity contribution in [2.75, 3.05) is 13.1 Å². The van der Waals surface area contributed by atoms with Crippen LogP contribution in [-0.2, 0) is 4.79 Å². The number of hydrogen-bond acceptors (Lipinski definition) is 5. The van der Waals surface area contributed by atoms with E-state index in [2.05, 4.69) is 15.1 Å². The summed E-state index contributed by atoms with van der Waals surface area (Å²) < 4.78 is 4.65. The minimum Gasteiger partial charge on any atom is -0.395 e. The monoisotopic (exact) mass is 226 g/mol. The van der Waals surface area contributed by atoms with Crippen molar-refractivity contribution < 1.29 is 18.9 Å². The smallest absolute Gasteiger partial charge is 0.395 e. The van der Waals surface area contributed by atoms with Crippen molar-refractivity contribution in [1.29, 1.82) is 0 Å². The van der Waals surface area contributed by atoms with Crippen LogP contribution in [0.1, 0.15) is 10.6 Å². The zero-order valence-corrected chi connectivity index (χ0v) is 8.06. The Hall–Kier alpha value is -2.38. The van der Waals surface area contributed by atoms with Gasteiger partial charge >= 0.3 is 12.3 Å². The van der Waals surface area contributed by atoms with E-state index in [1.54, 1.807) is 0 Å². The summed E-state index contributed by atoms with van der Waals surface area (Å²) in [5.74, 6) is -1.23. The normalized spacial score (nSPS) is 9.50. The van der Waals surface area contributed by atoms with Gasteiger partial charge < -0.3 is 15.1 Å². The molecule has 0 aliphatic rings. The summed E-state index contributed by atoms with van der Waals surface area (Å²) in [7, 11) is 0. The minimum atomic E-state index is -0.736. The van der Waals surface area contributed by atoms with Crippen LogP contribution in [0.25, 0.3) is 0 Å². The first-order chi connectivity index (χ1) is 7.65. The Bertz CT molecular complexity index is 400. The fraction of sp³-hybridized carbons (Fsp3) is 0.250. The van der Waals surface area contributed by atoms with Gasteiger partial charge in [0.2, 0.25) is 0 Å². The van der Waals surface area contributed by atoms with Gasteiger partial charge in [-0.25, -0.2) is 0 Å². The Labute approximate surface area is 89.8 Å². The van der Waals surface area contributed by atoms with Crippen LogP contribution in [-0.4, -0.2) is 30.3 Å². The molecule has 0 spiro atoms. The SMILES string of the molecule is O=[C]NCCNC(=O)c1ccc([N+](=O)[O-])o1. The van der Waals surface area contributed by atoms with E-state index in [-0.39, 0.29) is 18.8 Å². The minimum absolute atomic E-state index is 0.151. The number of nitrogens with one attached hydrogen (secondary N) is 2. The van der Waals surface area contributed by atoms with Crippen LogP contribution in [0.5, 0.6) is 0 Å². The van der Waals surface area contributed by atoms with Gasteiger partial charge in [0.1, 0.15) is 4.92 Å². The lowest BCUT2D eigenvalue weighted by Crippen LogP contribution is -2.31. The molecule has 0 aliphatic carbocycles. The first kappa shape index (κ1) is 11.7. The highest BCUT2D eigenvalue weighted by molar-refractivity contribution is 5.91. The molecule has 1 aromatic rings. The van der Waals surface area contributed by atoms with E-state index in [1.807, 2.05) is 0 Å². The van der Waals surface area contributed by atoms with Crippen LogP contribution in [0, 0.1) is 10.1 Å². The molecule has 0 aromatic carbocycles. The zero-order valence-electron chi connectivity index (χ0n) is 8.06. The Morgan fingerprint density at radius 3 is 2.81 bits per heavy atom. The molecular formula is C8H8N3O5. The highest BCUT2D eigenvalue weighted by Gasteiger charge is 2.16. The Balaban J connectivity index is 2.46. The van der Waals surface area contributed by atoms with Crippen molar-refractivity contribution in [3.63, 3.8) is 0 Å². The highest BCUT2D eigenvalue weighted by atomic mass is 16.6. The van der Waals surface area contributed by atoms with Crippen molar-refractivity contribution in [3.8, 4) is 0 Å². The molecule has 16 heavy (non-hydrogen) atoms. The van der Waals surface area contributed by atoms with E-state index in [9.17, 15) is 19.7 Å². The molecule has 1 rings (SSSR count). The van der Waals surface area contributed by atoms with E-state index in [0.717, 1.165) is 6.07 Å². The van der Waals surface area contributed by atoms with Gasteiger partial charge in [-0.2, -0.15) is 0 Å². The second kappa shape index (κ2) is 5.49. The van der Waals surface area contributed by atoms with Crippen molar-refractivity contribution in [2.24, 2.45) is 0 Å². The van der Waals surface area contributed by atoms with Crippen molar-refractivity contribution in [2.45, 2.75) is 0 Å². The molecular weight excluding hydrogens is 218 g/mol. The molecule has 1 heterocycles. The van der Waals surface area contributed by atoms with Crippen LogP contribution in [0.2, 0.25) is 0 Å². The van der Waals surface area contributed by atoms with Gasteiger partial charge in [0.15, 0.2) is 5.76 Å². The largest absolute Gasteiger partial charge is 0.433 e. The van der Waals surface area contributed by atoms with Crippen LogP contribution in [0.4, 0.5) is 5.88 Å². The number of amides is 2. The molecule has 0 bridgehead atoms.